The van der Waals surface area contributed by atoms with Crippen LogP contribution in [-0.2, 0) is 0 Å². The number of hydrogen-bond donors (Lipinski definition) is 0. The van der Waals surface area contributed by atoms with Crippen LogP contribution in [0.1, 0.15) is 313 Å². The first kappa shape index (κ1) is 99.6. The average Bonchev–Trinajstić information content (AvgIpc) is 1.51. The van der Waals surface area contributed by atoms with Gasteiger partial charge >= 0.3 is 0 Å². The van der Waals surface area contributed by atoms with Crippen molar-refractivity contribution in [1.29, 1.82) is 0 Å². The third-order valence-corrected chi connectivity index (χ3v) is 35.7. The monoisotopic (exact) mass is 1650 g/mol. The first-order chi connectivity index (χ1) is 54.8. The van der Waals surface area contributed by atoms with Gasteiger partial charge in [-0.1, -0.05) is 69.2 Å². The van der Waals surface area contributed by atoms with Gasteiger partial charge in [-0.05, 0) is 368 Å². The predicted octanol–water partition coefficient (Wildman–Crippen LogP) is 19.7. The Hall–Kier alpha value is -0.520. The molecule has 13 heterocycles. The Morgan fingerprint density at radius 2 is 0.373 bits per heavy atom. The molecule has 690 valence electrons. The second-order valence-corrected chi connectivity index (χ2v) is 51.1. The molecule has 0 N–H and O–H groups in total. The lowest BCUT2D eigenvalue weighted by atomic mass is 9.55. The summed E-state index contributed by atoms with van der Waals surface area (Å²) in [6.45, 7) is 119. The van der Waals surface area contributed by atoms with Crippen LogP contribution in [0.25, 0.3) is 0 Å². The molecule has 0 aromatic heterocycles. The molecule has 5 aliphatic carbocycles. The molecule has 13 nitrogen and oxygen atoms in total. The zero-order valence-electron chi connectivity index (χ0n) is 85.7. The molecule has 0 radical (unpaired) electrons. The van der Waals surface area contributed by atoms with Crippen LogP contribution in [0, 0.1) is 114 Å². The fraction of sp³-hybridized carbons (Fsp3) is 1.00. The average molecular weight is 1650 g/mol. The van der Waals surface area contributed by atoms with Crippen molar-refractivity contribution in [2.24, 2.45) is 114 Å². The highest BCUT2D eigenvalue weighted by Crippen LogP contribution is 2.64. The van der Waals surface area contributed by atoms with Gasteiger partial charge in [0.1, 0.15) is 0 Å². The number of nitrogens with zero attached hydrogens (tertiary/aromatic N) is 13. The van der Waals surface area contributed by atoms with Crippen molar-refractivity contribution in [2.45, 2.75) is 392 Å². The predicted molar refractivity (Wildman–Crippen MR) is 511 cm³/mol. The molecular formula is C105H205N13. The largest absolute Gasteiger partial charge is 0.300 e. The minimum Gasteiger partial charge on any atom is -0.300 e. The number of fused-ring (bicyclic) bond motifs is 1. The van der Waals surface area contributed by atoms with E-state index >= 15 is 0 Å². The van der Waals surface area contributed by atoms with Crippen LogP contribution in [0.15, 0.2) is 0 Å². The van der Waals surface area contributed by atoms with Gasteiger partial charge in [0.15, 0.2) is 0 Å². The van der Waals surface area contributed by atoms with E-state index in [1.54, 1.807) is 0 Å². The summed E-state index contributed by atoms with van der Waals surface area (Å²) < 4.78 is 0. The Kier molecular flexibility index (Phi) is 33.6. The summed E-state index contributed by atoms with van der Waals surface area (Å²) in [4.78, 5) is 34.0. The standard InChI is InChI=1S/C13H26N2.2C12H24N2.2C12H23N.C11H22N2.3C11H21N/c1-11(2)14-7-5-13(9-14)6-8-15(10-13)12(3)4;2*1-10(2)13-6-5-12(7-13)8-14(9-12)11(3)4;2*1-9(2)11-5-12(6-11)7-13(8-12)10(3)4;1-9(2)12-5-11(6-12)7-13(8-11)10(3)4;2*1-8(2)10-5-11(10)6-12(7-11)9(3)4;1-7(2)11-9-5-12(8(3)4)6-10(9)11/h11-12H,5-10H2,1-4H3;2*10-11H,5-9H2,1-4H3;2*9-11H,5-8H2,1-4H3;9-10H,5-8H2,1-4H3;2*8-10H,5-7H2,1-4H3;7-11H,5-6H2,1-4H3. The zero-order valence-corrected chi connectivity index (χ0v) is 85.7. The highest BCUT2D eigenvalue weighted by Gasteiger charge is 2.64. The van der Waals surface area contributed by atoms with Gasteiger partial charge in [0.25, 0.3) is 0 Å². The summed E-state index contributed by atoms with van der Waals surface area (Å²) in [5.74, 6) is 12.0. The minimum absolute atomic E-state index is 0.647. The van der Waals surface area contributed by atoms with Crippen LogP contribution in [-0.4, -0.2) is 312 Å². The van der Waals surface area contributed by atoms with Crippen molar-refractivity contribution in [3.8, 4) is 0 Å². The van der Waals surface area contributed by atoms with Gasteiger partial charge in [-0.25, -0.2) is 0 Å². The van der Waals surface area contributed by atoms with Crippen LogP contribution in [0.5, 0.6) is 0 Å². The molecular weight excluding hydrogens is 1440 g/mol. The van der Waals surface area contributed by atoms with Gasteiger partial charge in [-0.2, -0.15) is 0 Å². The number of rotatable bonds is 18. The van der Waals surface area contributed by atoms with Crippen LogP contribution in [0.2, 0.25) is 0 Å². The number of piperidine rings is 1. The molecule has 13 aliphatic heterocycles. The van der Waals surface area contributed by atoms with E-state index in [9.17, 15) is 0 Å². The normalized spacial score (nSPS) is 30.8. The topological polar surface area (TPSA) is 42.1 Å². The van der Waals surface area contributed by atoms with Gasteiger partial charge in [0.2, 0.25) is 0 Å². The maximum Gasteiger partial charge on any atom is 0.0212 e. The second kappa shape index (κ2) is 39.8. The lowest BCUT2D eigenvalue weighted by molar-refractivity contribution is -0.135. The van der Waals surface area contributed by atoms with Crippen molar-refractivity contribution in [1.82, 2.24) is 63.7 Å². The van der Waals surface area contributed by atoms with Crippen LogP contribution >= 0.6 is 0 Å². The molecule has 0 bridgehead atoms. The van der Waals surface area contributed by atoms with Crippen LogP contribution in [0.3, 0.4) is 0 Å². The lowest BCUT2D eigenvalue weighted by Crippen LogP contribution is -2.73. The Morgan fingerprint density at radius 1 is 0.178 bits per heavy atom. The molecule has 13 heteroatoms. The van der Waals surface area contributed by atoms with Gasteiger partial charge in [0, 0.05) is 239 Å². The van der Waals surface area contributed by atoms with E-state index < -0.39 is 0 Å². The SMILES string of the molecule is CC(C)C1C2CN(C(C)C)CC21.CC(C)C1CC12CN(C(C)C)C2.CC(C)C1CC12CN(C(C)C)C2.CC(C)C1CC2(C1)CN(C(C)C)C2.CC(C)C1CC2(C1)CN(C(C)C)C2.CC(C)N1CC2(C1)CN(C(C)C)C2.CC(C)N1CCC2(C1)CN(C(C)C)C2.CC(C)N1CCC2(C1)CN(C(C)C)C2.CC(C)N1CCC2(CCN(C(C)C)C2)C1. The Balaban J connectivity index is 0.000000140. The Bertz CT molecular complexity index is 2650. The molecule has 0 amide bonds. The van der Waals surface area contributed by atoms with E-state index in [4.69, 9.17) is 0 Å². The zero-order chi connectivity index (χ0) is 87.4. The van der Waals surface area contributed by atoms with E-state index in [-0.39, 0.29) is 0 Å². The van der Waals surface area contributed by atoms with Gasteiger partial charge in [-0.3, -0.25) is 39.2 Å². The van der Waals surface area contributed by atoms with Gasteiger partial charge < -0.3 is 24.5 Å². The Morgan fingerprint density at radius 3 is 0.568 bits per heavy atom. The fourth-order valence-corrected chi connectivity index (χ4v) is 26.0. The van der Waals surface area contributed by atoms with Crippen molar-refractivity contribution in [2.75, 3.05) is 170 Å². The molecule has 118 heavy (non-hydrogen) atoms. The third-order valence-electron chi connectivity index (χ3n) is 35.7. The molecule has 4 atom stereocenters. The molecule has 18 fully saturated rings. The van der Waals surface area contributed by atoms with E-state index in [0.29, 0.717) is 21.7 Å². The van der Waals surface area contributed by atoms with E-state index in [1.165, 1.54) is 234 Å². The third kappa shape index (κ3) is 23.9. The minimum atomic E-state index is 0.647. The van der Waals surface area contributed by atoms with Gasteiger partial charge in [0.05, 0.1) is 0 Å². The fourth-order valence-electron chi connectivity index (χ4n) is 26.0. The summed E-state index contributed by atoms with van der Waals surface area (Å²) >= 11 is 0. The molecule has 8 spiro atoms. The smallest absolute Gasteiger partial charge is 0.0212 e. The van der Waals surface area contributed by atoms with Gasteiger partial charge in [-0.15, -0.1) is 0 Å². The highest BCUT2D eigenvalue weighted by atomic mass is 15.3. The number of hydrogen-bond acceptors (Lipinski definition) is 13. The maximum absolute atomic E-state index is 2.66. The molecule has 18 aliphatic rings. The maximum atomic E-state index is 2.66. The Labute approximate surface area is 736 Å². The molecule has 0 aromatic rings. The molecule has 4 unspecified atom stereocenters. The summed E-state index contributed by atoms with van der Waals surface area (Å²) in [5.41, 5.74) is 5.83. The summed E-state index contributed by atoms with van der Waals surface area (Å²) in [6, 6.07) is 9.77. The van der Waals surface area contributed by atoms with Crippen LogP contribution < -0.4 is 0 Å². The first-order valence-corrected chi connectivity index (χ1v) is 51.5. The molecule has 5 saturated carbocycles. The van der Waals surface area contributed by atoms with E-state index in [2.05, 4.69) is 313 Å². The molecule has 13 saturated heterocycles. The first-order valence-electron chi connectivity index (χ1n) is 51.5. The lowest BCUT2D eigenvalue weighted by Gasteiger charge is -2.62. The van der Waals surface area contributed by atoms with Crippen molar-refractivity contribution < 1.29 is 0 Å². The summed E-state index contributed by atoms with van der Waals surface area (Å²) in [7, 11) is 0. The van der Waals surface area contributed by atoms with Crippen molar-refractivity contribution in [3.63, 3.8) is 0 Å². The quantitative estimate of drug-likeness (QED) is 0.131. The summed E-state index contributed by atoms with van der Waals surface area (Å²) in [5, 5.41) is 0. The van der Waals surface area contributed by atoms with Crippen molar-refractivity contribution >= 4 is 0 Å². The molecule has 18 rings (SSSR count). The molecule has 0 aromatic carbocycles. The van der Waals surface area contributed by atoms with Crippen LogP contribution in [0.4, 0.5) is 0 Å². The van der Waals surface area contributed by atoms with Crippen molar-refractivity contribution in [3.05, 3.63) is 0 Å². The summed E-state index contributed by atoms with van der Waals surface area (Å²) in [6.07, 6.45) is 14.7. The highest BCUT2D eigenvalue weighted by molar-refractivity contribution is 5.16. The second-order valence-electron chi connectivity index (χ2n) is 51.1. The van der Waals surface area contributed by atoms with E-state index in [1.807, 2.05) is 0 Å². The number of likely N-dealkylation sites (tertiary alicyclic amines) is 13. The van der Waals surface area contributed by atoms with E-state index in [0.717, 1.165) is 171 Å².